The zero-order valence-corrected chi connectivity index (χ0v) is 20.4. The second-order valence-electron chi connectivity index (χ2n) is 8.66. The number of hydrogen-bond donors (Lipinski definition) is 1. The molecular formula is C30H21N3O6. The van der Waals surface area contributed by atoms with Gasteiger partial charge in [-0.3, -0.25) is 10.1 Å². The maximum absolute atomic E-state index is 12.6. The van der Waals surface area contributed by atoms with Gasteiger partial charge in [0.05, 0.1) is 16.4 Å². The number of carbonyl (C=O) groups is 1. The molecule has 0 spiro atoms. The molecule has 9 nitrogen and oxygen atoms in total. The van der Waals surface area contributed by atoms with Crippen LogP contribution < -0.4 is 19.9 Å². The molecule has 0 saturated heterocycles. The van der Waals surface area contributed by atoms with Crippen LogP contribution in [-0.2, 0) is 6.61 Å². The molecule has 1 aliphatic heterocycles. The number of allylic oxidation sites excluding steroid dienone is 1. The van der Waals surface area contributed by atoms with Gasteiger partial charge in [0, 0.05) is 23.8 Å². The first kappa shape index (κ1) is 25.0. The first-order valence-corrected chi connectivity index (χ1v) is 11.9. The number of nitrogens with zero attached hydrogens (tertiary/aromatic N) is 2. The molecule has 1 unspecified atom stereocenters. The van der Waals surface area contributed by atoms with E-state index in [9.17, 15) is 20.2 Å². The van der Waals surface area contributed by atoms with Crippen molar-refractivity contribution in [1.82, 2.24) is 0 Å². The summed E-state index contributed by atoms with van der Waals surface area (Å²) in [5.41, 5.74) is 8.86. The Morgan fingerprint density at radius 3 is 2.46 bits per heavy atom. The topological polar surface area (TPSA) is 138 Å². The summed E-state index contributed by atoms with van der Waals surface area (Å²) in [5, 5.41) is 20.7. The molecule has 1 heterocycles. The van der Waals surface area contributed by atoms with Gasteiger partial charge in [-0.2, -0.15) is 5.26 Å². The molecule has 0 aromatic heterocycles. The van der Waals surface area contributed by atoms with Gasteiger partial charge in [0.25, 0.3) is 5.69 Å². The summed E-state index contributed by atoms with van der Waals surface area (Å²) in [7, 11) is 0. The number of nitrogens with two attached hydrogens (primary N) is 1. The minimum absolute atomic E-state index is 0.0514. The van der Waals surface area contributed by atoms with E-state index in [0.29, 0.717) is 23.7 Å². The Bertz CT molecular complexity index is 1630. The van der Waals surface area contributed by atoms with Crippen LogP contribution in [0.1, 0.15) is 33.0 Å². The molecule has 0 bridgehead atoms. The number of nitriles is 1. The van der Waals surface area contributed by atoms with Crippen molar-refractivity contribution in [3.05, 3.63) is 141 Å². The Morgan fingerprint density at radius 1 is 0.974 bits per heavy atom. The number of esters is 1. The van der Waals surface area contributed by atoms with Crippen molar-refractivity contribution in [2.24, 2.45) is 5.73 Å². The summed E-state index contributed by atoms with van der Waals surface area (Å²) in [5.74, 6) is -0.122. The first-order valence-electron chi connectivity index (χ1n) is 11.9. The van der Waals surface area contributed by atoms with Crippen molar-refractivity contribution in [3.63, 3.8) is 0 Å². The molecule has 5 rings (SSSR count). The lowest BCUT2D eigenvalue weighted by Crippen LogP contribution is -2.21. The summed E-state index contributed by atoms with van der Waals surface area (Å²) in [6.07, 6.45) is 0. The summed E-state index contributed by atoms with van der Waals surface area (Å²) in [4.78, 5) is 22.9. The molecule has 4 aromatic carbocycles. The van der Waals surface area contributed by atoms with Crippen molar-refractivity contribution >= 4 is 11.7 Å². The van der Waals surface area contributed by atoms with Crippen LogP contribution in [0.25, 0.3) is 0 Å². The predicted molar refractivity (Wildman–Crippen MR) is 141 cm³/mol. The van der Waals surface area contributed by atoms with Gasteiger partial charge in [-0.15, -0.1) is 0 Å². The van der Waals surface area contributed by atoms with E-state index in [2.05, 4.69) is 6.07 Å². The van der Waals surface area contributed by atoms with Gasteiger partial charge in [-0.1, -0.05) is 48.5 Å². The van der Waals surface area contributed by atoms with Crippen LogP contribution in [0.2, 0.25) is 0 Å². The maximum atomic E-state index is 12.6. The van der Waals surface area contributed by atoms with E-state index < -0.39 is 16.8 Å². The molecule has 0 saturated carbocycles. The minimum atomic E-state index is -0.693. The van der Waals surface area contributed by atoms with Crippen LogP contribution in [0.15, 0.2) is 109 Å². The van der Waals surface area contributed by atoms with Gasteiger partial charge in [-0.05, 0) is 41.5 Å². The highest BCUT2D eigenvalue weighted by molar-refractivity contribution is 5.91. The minimum Gasteiger partial charge on any atom is -0.489 e. The highest BCUT2D eigenvalue weighted by atomic mass is 16.6. The second kappa shape index (κ2) is 10.8. The maximum Gasteiger partial charge on any atom is 0.343 e. The Morgan fingerprint density at radius 2 is 1.74 bits per heavy atom. The first-order chi connectivity index (χ1) is 18.9. The van der Waals surface area contributed by atoms with Crippen LogP contribution in [-0.4, -0.2) is 10.9 Å². The van der Waals surface area contributed by atoms with Gasteiger partial charge in [0.15, 0.2) is 0 Å². The number of ether oxygens (including phenoxy) is 3. The summed E-state index contributed by atoms with van der Waals surface area (Å²) < 4.78 is 17.2. The highest BCUT2D eigenvalue weighted by Gasteiger charge is 2.31. The Balaban J connectivity index is 1.40. The molecule has 2 N–H and O–H groups in total. The quantitative estimate of drug-likeness (QED) is 0.144. The number of nitro groups is 1. The van der Waals surface area contributed by atoms with Crippen molar-refractivity contribution < 1.29 is 23.9 Å². The Hall–Kier alpha value is -5.62. The van der Waals surface area contributed by atoms with Gasteiger partial charge in [0.1, 0.15) is 35.5 Å². The molecular weight excluding hydrogens is 498 g/mol. The van der Waals surface area contributed by atoms with E-state index in [4.69, 9.17) is 19.9 Å². The third-order valence-electron chi connectivity index (χ3n) is 6.15. The van der Waals surface area contributed by atoms with Crippen molar-refractivity contribution in [1.29, 1.82) is 5.26 Å². The van der Waals surface area contributed by atoms with Crippen LogP contribution in [0.5, 0.6) is 17.2 Å². The van der Waals surface area contributed by atoms with Crippen LogP contribution in [0.3, 0.4) is 0 Å². The number of rotatable bonds is 7. The Labute approximate surface area is 223 Å². The molecule has 1 atom stereocenters. The molecule has 39 heavy (non-hydrogen) atoms. The van der Waals surface area contributed by atoms with E-state index in [0.717, 1.165) is 11.1 Å². The summed E-state index contributed by atoms with van der Waals surface area (Å²) in [6, 6.07) is 29.2. The van der Waals surface area contributed by atoms with Gasteiger partial charge in [-0.25, -0.2) is 4.79 Å². The lowest BCUT2D eigenvalue weighted by Gasteiger charge is -2.27. The van der Waals surface area contributed by atoms with Crippen LogP contribution in [0.4, 0.5) is 5.69 Å². The smallest absolute Gasteiger partial charge is 0.343 e. The van der Waals surface area contributed by atoms with E-state index in [1.165, 1.54) is 30.3 Å². The average Bonchev–Trinajstić information content (AvgIpc) is 2.96. The summed E-state index contributed by atoms with van der Waals surface area (Å²) in [6.45, 7) is 0.390. The summed E-state index contributed by atoms with van der Waals surface area (Å²) >= 11 is 0. The molecule has 0 fully saturated rings. The molecule has 1 aliphatic rings. The average molecular weight is 520 g/mol. The van der Waals surface area contributed by atoms with Crippen molar-refractivity contribution in [2.75, 3.05) is 0 Å². The fourth-order valence-corrected chi connectivity index (χ4v) is 4.25. The zero-order chi connectivity index (χ0) is 27.4. The predicted octanol–water partition coefficient (Wildman–Crippen LogP) is 5.61. The van der Waals surface area contributed by atoms with Gasteiger partial charge >= 0.3 is 5.97 Å². The standard InChI is InChI=1S/C30H21N3O6/c31-17-26-28(21-7-4-8-23(15-21)37-18-19-5-2-1-3-6-19)25-14-13-24(16-27(25)39-29(26)32)38-30(34)20-9-11-22(12-10-20)33(35)36/h1-16,28H,18,32H2. The number of fused-ring (bicyclic) bond motifs is 1. The fourth-order valence-electron chi connectivity index (χ4n) is 4.25. The fraction of sp³-hybridized carbons (Fsp3) is 0.0667. The van der Waals surface area contributed by atoms with E-state index in [1.807, 2.05) is 54.6 Å². The lowest BCUT2D eigenvalue weighted by atomic mass is 9.83. The highest BCUT2D eigenvalue weighted by Crippen LogP contribution is 2.44. The molecule has 0 radical (unpaired) electrons. The molecule has 9 heteroatoms. The van der Waals surface area contributed by atoms with Crippen LogP contribution in [0, 0.1) is 21.4 Å². The normalized spacial score (nSPS) is 14.0. The molecule has 0 amide bonds. The number of non-ortho nitro benzene ring substituents is 1. The Kier molecular flexibility index (Phi) is 6.92. The van der Waals surface area contributed by atoms with Crippen molar-refractivity contribution in [3.8, 4) is 23.3 Å². The largest absolute Gasteiger partial charge is 0.489 e. The second-order valence-corrected chi connectivity index (χ2v) is 8.66. The molecule has 192 valence electrons. The number of carbonyl (C=O) groups excluding carboxylic acids is 1. The molecule has 0 aliphatic carbocycles. The molecule has 4 aromatic rings. The third-order valence-corrected chi connectivity index (χ3v) is 6.15. The van der Waals surface area contributed by atoms with E-state index in [1.54, 1.807) is 12.1 Å². The van der Waals surface area contributed by atoms with E-state index in [-0.39, 0.29) is 28.5 Å². The van der Waals surface area contributed by atoms with Crippen LogP contribution >= 0.6 is 0 Å². The van der Waals surface area contributed by atoms with Crippen molar-refractivity contribution in [2.45, 2.75) is 12.5 Å². The van der Waals surface area contributed by atoms with Gasteiger partial charge < -0.3 is 19.9 Å². The zero-order valence-electron chi connectivity index (χ0n) is 20.4. The monoisotopic (exact) mass is 519 g/mol. The number of nitro benzene ring substituents is 1. The lowest BCUT2D eigenvalue weighted by molar-refractivity contribution is -0.384. The SMILES string of the molecule is N#CC1=C(N)Oc2cc(OC(=O)c3ccc([N+](=O)[O-])cc3)ccc2C1c1cccc(OCc2ccccc2)c1. The van der Waals surface area contributed by atoms with E-state index >= 15 is 0 Å². The van der Waals surface area contributed by atoms with Gasteiger partial charge in [0.2, 0.25) is 5.88 Å². The number of benzene rings is 4. The number of hydrogen-bond acceptors (Lipinski definition) is 8. The third kappa shape index (κ3) is 5.40.